The minimum absolute atomic E-state index is 0.174. The second-order valence-electron chi connectivity index (χ2n) is 7.94. The van der Waals surface area contributed by atoms with Crippen LogP contribution in [0.25, 0.3) is 0 Å². The summed E-state index contributed by atoms with van der Waals surface area (Å²) in [6.07, 6.45) is 7.92. The third-order valence-electron chi connectivity index (χ3n) is 5.72. The molecule has 4 N–H and O–H groups in total. The number of carbonyl (C=O) groups excluding carboxylic acids is 1. The van der Waals surface area contributed by atoms with E-state index in [0.29, 0.717) is 23.0 Å². The van der Waals surface area contributed by atoms with E-state index in [0.717, 1.165) is 17.3 Å². The van der Waals surface area contributed by atoms with E-state index in [9.17, 15) is 4.79 Å². The van der Waals surface area contributed by atoms with Gasteiger partial charge in [-0.05, 0) is 61.4 Å². The summed E-state index contributed by atoms with van der Waals surface area (Å²) in [5, 5.41) is 6.21. The molecule has 1 heterocycles. The van der Waals surface area contributed by atoms with Crippen molar-refractivity contribution in [3.63, 3.8) is 0 Å². The van der Waals surface area contributed by atoms with Crippen molar-refractivity contribution in [1.82, 2.24) is 9.97 Å². The van der Waals surface area contributed by atoms with E-state index in [-0.39, 0.29) is 5.91 Å². The molecule has 0 radical (unpaired) electrons. The number of hydrogen-bond donors (Lipinski definition) is 3. The number of aromatic nitrogens is 2. The molecule has 1 fully saturated rings. The van der Waals surface area contributed by atoms with Crippen LogP contribution in [0, 0.1) is 0 Å². The highest BCUT2D eigenvalue weighted by Gasteiger charge is 2.19. The zero-order chi connectivity index (χ0) is 21.6. The van der Waals surface area contributed by atoms with E-state index < -0.39 is 0 Å². The van der Waals surface area contributed by atoms with Crippen molar-refractivity contribution in [1.29, 1.82) is 0 Å². The van der Waals surface area contributed by atoms with Gasteiger partial charge in [0.15, 0.2) is 0 Å². The Morgan fingerprint density at radius 1 is 0.968 bits per heavy atom. The van der Waals surface area contributed by atoms with Crippen molar-refractivity contribution in [3.8, 4) is 0 Å². The van der Waals surface area contributed by atoms with Crippen molar-refractivity contribution in [2.75, 3.05) is 28.3 Å². The summed E-state index contributed by atoms with van der Waals surface area (Å²) in [5.41, 5.74) is 8.46. The van der Waals surface area contributed by atoms with Crippen molar-refractivity contribution < 1.29 is 4.79 Å². The first-order valence-electron chi connectivity index (χ1n) is 10.7. The number of rotatable bonds is 6. The highest BCUT2D eigenvalue weighted by molar-refractivity contribution is 6.04. The van der Waals surface area contributed by atoms with Gasteiger partial charge in [-0.1, -0.05) is 19.3 Å². The predicted octanol–water partition coefficient (Wildman–Crippen LogP) is 4.82. The SMILES string of the molecule is CN(c1cc(Nc2ccc(NC(=O)c3ccc(N)cc3)cc2)ncn1)C1CCCCC1. The number of hydrogen-bond acceptors (Lipinski definition) is 6. The standard InChI is InChI=1S/C24H28N6O/c1-30(21-5-3-2-4-6-21)23-15-22(26-16-27-23)28-19-11-13-20(14-12-19)29-24(31)17-7-9-18(25)10-8-17/h7-16,21H,2-6,25H2,1H3,(H,29,31)(H,26,27,28). The van der Waals surface area contributed by atoms with Crippen LogP contribution in [-0.4, -0.2) is 29.0 Å². The van der Waals surface area contributed by atoms with Crippen LogP contribution >= 0.6 is 0 Å². The fourth-order valence-electron chi connectivity index (χ4n) is 3.89. The molecule has 0 saturated heterocycles. The molecule has 7 nitrogen and oxygen atoms in total. The highest BCUT2D eigenvalue weighted by atomic mass is 16.1. The van der Waals surface area contributed by atoms with Crippen LogP contribution in [0.15, 0.2) is 60.9 Å². The lowest BCUT2D eigenvalue weighted by atomic mass is 9.94. The minimum atomic E-state index is -0.174. The van der Waals surface area contributed by atoms with Crippen LogP contribution < -0.4 is 21.3 Å². The zero-order valence-corrected chi connectivity index (χ0v) is 17.7. The number of amides is 1. The molecule has 1 aliphatic rings. The van der Waals surface area contributed by atoms with Crippen LogP contribution in [0.2, 0.25) is 0 Å². The maximum Gasteiger partial charge on any atom is 0.255 e. The molecule has 0 atom stereocenters. The van der Waals surface area contributed by atoms with Crippen molar-refractivity contribution >= 4 is 34.6 Å². The number of nitrogens with two attached hydrogens (primary N) is 1. The van der Waals surface area contributed by atoms with Crippen molar-refractivity contribution in [2.45, 2.75) is 38.1 Å². The summed E-state index contributed by atoms with van der Waals surface area (Å²) in [5.74, 6) is 1.50. The Bertz CT molecular complexity index is 1010. The van der Waals surface area contributed by atoms with E-state index in [1.165, 1.54) is 32.1 Å². The normalized spacial score (nSPS) is 14.1. The molecule has 4 rings (SSSR count). The minimum Gasteiger partial charge on any atom is -0.399 e. The zero-order valence-electron chi connectivity index (χ0n) is 17.7. The maximum absolute atomic E-state index is 12.3. The van der Waals surface area contributed by atoms with E-state index in [1.54, 1.807) is 30.6 Å². The lowest BCUT2D eigenvalue weighted by molar-refractivity contribution is 0.102. The van der Waals surface area contributed by atoms with E-state index in [4.69, 9.17) is 5.73 Å². The molecule has 0 unspecified atom stereocenters. The summed E-state index contributed by atoms with van der Waals surface area (Å²) >= 11 is 0. The number of carbonyl (C=O) groups is 1. The molecule has 160 valence electrons. The van der Waals surface area contributed by atoms with E-state index in [1.807, 2.05) is 30.3 Å². The van der Waals surface area contributed by atoms with E-state index in [2.05, 4.69) is 32.5 Å². The molecule has 1 saturated carbocycles. The molecule has 0 spiro atoms. The lowest BCUT2D eigenvalue weighted by Gasteiger charge is -2.32. The van der Waals surface area contributed by atoms with Crippen LogP contribution in [0.4, 0.5) is 28.7 Å². The van der Waals surface area contributed by atoms with Crippen LogP contribution in [0.3, 0.4) is 0 Å². The van der Waals surface area contributed by atoms with Gasteiger partial charge in [-0.15, -0.1) is 0 Å². The topological polar surface area (TPSA) is 96.2 Å². The van der Waals surface area contributed by atoms with Gasteiger partial charge in [-0.2, -0.15) is 0 Å². The van der Waals surface area contributed by atoms with Gasteiger partial charge in [0.05, 0.1) is 0 Å². The number of anilines is 5. The van der Waals surface area contributed by atoms with Crippen molar-refractivity contribution in [2.24, 2.45) is 0 Å². The van der Waals surface area contributed by atoms with Crippen LogP contribution in [-0.2, 0) is 0 Å². The Kier molecular flexibility index (Phi) is 6.31. The lowest BCUT2D eigenvalue weighted by Crippen LogP contribution is -2.33. The first-order valence-corrected chi connectivity index (χ1v) is 10.7. The summed E-state index contributed by atoms with van der Waals surface area (Å²) in [6, 6.07) is 16.9. The molecule has 0 bridgehead atoms. The predicted molar refractivity (Wildman–Crippen MR) is 126 cm³/mol. The van der Waals surface area contributed by atoms with Gasteiger partial charge in [0.25, 0.3) is 5.91 Å². The summed E-state index contributed by atoms with van der Waals surface area (Å²) < 4.78 is 0. The maximum atomic E-state index is 12.3. The average Bonchev–Trinajstić information content (AvgIpc) is 2.81. The van der Waals surface area contributed by atoms with Gasteiger partial charge < -0.3 is 21.3 Å². The Morgan fingerprint density at radius 3 is 2.35 bits per heavy atom. The van der Waals surface area contributed by atoms with Gasteiger partial charge in [0, 0.05) is 41.8 Å². The number of benzene rings is 2. The largest absolute Gasteiger partial charge is 0.399 e. The van der Waals surface area contributed by atoms with Gasteiger partial charge in [-0.25, -0.2) is 9.97 Å². The smallest absolute Gasteiger partial charge is 0.255 e. The number of nitrogens with zero attached hydrogens (tertiary/aromatic N) is 3. The van der Waals surface area contributed by atoms with Crippen LogP contribution in [0.5, 0.6) is 0 Å². The number of nitrogen functional groups attached to an aromatic ring is 1. The molecule has 2 aromatic carbocycles. The molecular weight excluding hydrogens is 388 g/mol. The number of nitrogens with one attached hydrogen (secondary N) is 2. The molecule has 0 aliphatic heterocycles. The second kappa shape index (κ2) is 9.47. The summed E-state index contributed by atoms with van der Waals surface area (Å²) in [4.78, 5) is 23.4. The fraction of sp³-hybridized carbons (Fsp3) is 0.292. The molecular formula is C24H28N6O. The van der Waals surface area contributed by atoms with Gasteiger partial charge in [0.2, 0.25) is 0 Å². The Balaban J connectivity index is 1.38. The summed E-state index contributed by atoms with van der Waals surface area (Å²) in [7, 11) is 2.11. The Hall–Kier alpha value is -3.61. The van der Waals surface area contributed by atoms with Crippen LogP contribution in [0.1, 0.15) is 42.5 Å². The monoisotopic (exact) mass is 416 g/mol. The second-order valence-corrected chi connectivity index (χ2v) is 7.94. The molecule has 7 heteroatoms. The van der Waals surface area contributed by atoms with Gasteiger partial charge in [-0.3, -0.25) is 4.79 Å². The van der Waals surface area contributed by atoms with Gasteiger partial charge >= 0.3 is 0 Å². The Labute approximate surface area is 182 Å². The first-order chi connectivity index (χ1) is 15.1. The van der Waals surface area contributed by atoms with E-state index >= 15 is 0 Å². The molecule has 1 amide bonds. The third-order valence-corrected chi connectivity index (χ3v) is 5.72. The van der Waals surface area contributed by atoms with Crippen molar-refractivity contribution in [3.05, 3.63) is 66.5 Å². The molecule has 3 aromatic rings. The summed E-state index contributed by atoms with van der Waals surface area (Å²) in [6.45, 7) is 0. The Morgan fingerprint density at radius 2 is 1.65 bits per heavy atom. The highest BCUT2D eigenvalue weighted by Crippen LogP contribution is 2.26. The molecule has 1 aliphatic carbocycles. The van der Waals surface area contributed by atoms with Gasteiger partial charge in [0.1, 0.15) is 18.0 Å². The fourth-order valence-corrected chi connectivity index (χ4v) is 3.89. The third kappa shape index (κ3) is 5.31. The molecule has 1 aromatic heterocycles. The quantitative estimate of drug-likeness (QED) is 0.499. The molecule has 31 heavy (non-hydrogen) atoms. The average molecular weight is 417 g/mol. The first kappa shape index (κ1) is 20.7.